The molecule has 0 radical (unpaired) electrons. The van der Waals surface area contributed by atoms with E-state index in [1.807, 2.05) is 18.2 Å². The molecule has 1 atom stereocenters. The van der Waals surface area contributed by atoms with Gasteiger partial charge in [-0.15, -0.1) is 0 Å². The summed E-state index contributed by atoms with van der Waals surface area (Å²) in [5.74, 6) is 0.230. The van der Waals surface area contributed by atoms with Crippen LogP contribution >= 0.6 is 0 Å². The Morgan fingerprint density at radius 1 is 0.651 bits per heavy atom. The Balaban J connectivity index is 1.03. The number of benzene rings is 6. The number of anilines is 3. The highest BCUT2D eigenvalue weighted by atomic mass is 15.1. The number of nitrogens with zero attached hydrogens (tertiary/aromatic N) is 1. The topological polar surface area (TPSA) is 3.24 Å². The number of hydrogen-bond acceptors (Lipinski definition) is 1. The fraction of sp³-hybridized carbons (Fsp3) is 0.0968. The van der Waals surface area contributed by atoms with Crippen molar-refractivity contribution in [3.05, 3.63) is 276 Å². The van der Waals surface area contributed by atoms with Crippen LogP contribution in [0.25, 0.3) is 39.6 Å². The monoisotopic (exact) mass is 811 g/mol. The fourth-order valence-corrected chi connectivity index (χ4v) is 9.07. The third-order valence-corrected chi connectivity index (χ3v) is 12.5. The maximum absolute atomic E-state index is 4.41. The number of rotatable bonds is 13. The molecule has 1 nitrogen and oxygen atoms in total. The zero-order chi connectivity index (χ0) is 43.0. The summed E-state index contributed by atoms with van der Waals surface area (Å²) in [5, 5.41) is 2.46. The first-order chi connectivity index (χ1) is 31.0. The van der Waals surface area contributed by atoms with E-state index in [-0.39, 0.29) is 5.92 Å². The lowest BCUT2D eigenvalue weighted by atomic mass is 9.76. The van der Waals surface area contributed by atoms with Crippen LogP contribution in [0, 0.1) is 0 Å². The minimum atomic E-state index is 0.230. The van der Waals surface area contributed by atoms with Crippen molar-refractivity contribution in [3.8, 4) is 11.1 Å². The van der Waals surface area contributed by atoms with Gasteiger partial charge in [-0.3, -0.25) is 0 Å². The molecule has 9 rings (SSSR count). The van der Waals surface area contributed by atoms with E-state index in [4.69, 9.17) is 0 Å². The van der Waals surface area contributed by atoms with Gasteiger partial charge in [-0.2, -0.15) is 0 Å². The average molecular weight is 812 g/mol. The lowest BCUT2D eigenvalue weighted by Gasteiger charge is -2.30. The van der Waals surface area contributed by atoms with Gasteiger partial charge in [0.25, 0.3) is 0 Å². The van der Waals surface area contributed by atoms with Gasteiger partial charge in [0.15, 0.2) is 0 Å². The second-order valence-electron chi connectivity index (χ2n) is 16.5. The predicted molar refractivity (Wildman–Crippen MR) is 274 cm³/mol. The molecule has 0 bridgehead atoms. The molecule has 3 aliphatic rings. The van der Waals surface area contributed by atoms with Crippen molar-refractivity contribution >= 4 is 45.6 Å². The van der Waals surface area contributed by atoms with Gasteiger partial charge >= 0.3 is 0 Å². The highest BCUT2D eigenvalue weighted by molar-refractivity contribution is 5.88. The van der Waals surface area contributed by atoms with Crippen LogP contribution in [0.1, 0.15) is 59.4 Å². The van der Waals surface area contributed by atoms with Gasteiger partial charge in [-0.1, -0.05) is 196 Å². The molecule has 0 saturated carbocycles. The van der Waals surface area contributed by atoms with Gasteiger partial charge in [-0.25, -0.2) is 0 Å². The van der Waals surface area contributed by atoms with Gasteiger partial charge in [-0.05, 0) is 152 Å². The lowest BCUT2D eigenvalue weighted by molar-refractivity contribution is 0.762. The summed E-state index contributed by atoms with van der Waals surface area (Å²) in [6.07, 6.45) is 35.3. The van der Waals surface area contributed by atoms with E-state index in [1.54, 1.807) is 0 Å². The average Bonchev–Trinajstić information content (AvgIpc) is 3.35. The minimum Gasteiger partial charge on any atom is -0.311 e. The van der Waals surface area contributed by atoms with E-state index in [1.165, 1.54) is 55.3 Å². The molecule has 3 aliphatic carbocycles. The summed E-state index contributed by atoms with van der Waals surface area (Å²) >= 11 is 0. The number of aryl methyl sites for hydroxylation is 1. The molecule has 0 N–H and O–H groups in total. The van der Waals surface area contributed by atoms with Crippen molar-refractivity contribution in [2.45, 2.75) is 38.0 Å². The Labute approximate surface area is 374 Å². The number of allylic oxidation sites excluding steroid dienone is 17. The van der Waals surface area contributed by atoms with Crippen molar-refractivity contribution in [3.63, 3.8) is 0 Å². The van der Waals surface area contributed by atoms with Crippen molar-refractivity contribution in [2.75, 3.05) is 4.90 Å². The van der Waals surface area contributed by atoms with Crippen LogP contribution in [0.5, 0.6) is 0 Å². The molecule has 0 heterocycles. The van der Waals surface area contributed by atoms with Crippen LogP contribution in [0.2, 0.25) is 0 Å². The molecule has 63 heavy (non-hydrogen) atoms. The van der Waals surface area contributed by atoms with Gasteiger partial charge in [0.2, 0.25) is 0 Å². The van der Waals surface area contributed by atoms with Crippen molar-refractivity contribution < 1.29 is 0 Å². The Morgan fingerprint density at radius 2 is 1.38 bits per heavy atom. The molecule has 1 unspecified atom stereocenters. The molecule has 0 aliphatic heterocycles. The summed E-state index contributed by atoms with van der Waals surface area (Å²) in [4.78, 5) is 2.37. The maximum atomic E-state index is 4.41. The zero-order valence-electron chi connectivity index (χ0n) is 36.0. The normalized spacial score (nSPS) is 16.1. The first-order valence-electron chi connectivity index (χ1n) is 22.2. The largest absolute Gasteiger partial charge is 0.311 e. The quantitative estimate of drug-likeness (QED) is 0.105. The molecule has 1 heteroatoms. The molecule has 6 aromatic carbocycles. The first kappa shape index (κ1) is 40.9. The molecule has 0 fully saturated rings. The van der Waals surface area contributed by atoms with Crippen LogP contribution in [0.3, 0.4) is 0 Å². The molecule has 0 spiro atoms. The first-order valence-corrected chi connectivity index (χ1v) is 22.2. The summed E-state index contributed by atoms with van der Waals surface area (Å²) in [5.41, 5.74) is 18.3. The Kier molecular flexibility index (Phi) is 12.4. The van der Waals surface area contributed by atoms with Crippen molar-refractivity contribution in [1.29, 1.82) is 0 Å². The summed E-state index contributed by atoms with van der Waals surface area (Å²) < 4.78 is 0. The van der Waals surface area contributed by atoms with Crippen LogP contribution in [0.15, 0.2) is 248 Å². The summed E-state index contributed by atoms with van der Waals surface area (Å²) in [6, 6.07) is 49.1. The molecule has 6 aromatic rings. The lowest BCUT2D eigenvalue weighted by Crippen LogP contribution is -2.13. The van der Waals surface area contributed by atoms with Crippen LogP contribution in [-0.4, -0.2) is 0 Å². The standard InChI is InChI=1S/C62H53N/c1-4-6-15-45(3)53-34-41-61(51-19-8-7-9-20-51)62(44-53)52-32-39-60(40-33-52)63(59-37-30-50(31-38-59)57-29-27-49-18-11-13-22-55(49)43-57)58-35-24-46(25-36-58)16-14-23-47(5-2)56-28-26-48-17-10-12-21-54(48)42-56/h4-8,10-12,14-19,21,23-43,62H,1-3,9,13,20,22,44H2/b15-6-,16-14+,47-23+. The van der Waals surface area contributed by atoms with Gasteiger partial charge in [0.05, 0.1) is 0 Å². The Bertz CT molecular complexity index is 2930. The van der Waals surface area contributed by atoms with E-state index in [2.05, 4.69) is 225 Å². The molecule has 0 aromatic heterocycles. The highest BCUT2D eigenvalue weighted by Gasteiger charge is 2.25. The van der Waals surface area contributed by atoms with Crippen LogP contribution in [-0.2, 0) is 6.42 Å². The second-order valence-corrected chi connectivity index (χ2v) is 16.5. The van der Waals surface area contributed by atoms with Crippen molar-refractivity contribution in [1.82, 2.24) is 0 Å². The number of hydrogen-bond donors (Lipinski definition) is 0. The van der Waals surface area contributed by atoms with E-state index in [9.17, 15) is 0 Å². The zero-order valence-corrected chi connectivity index (χ0v) is 36.0. The van der Waals surface area contributed by atoms with E-state index in [0.29, 0.717) is 0 Å². The van der Waals surface area contributed by atoms with E-state index in [0.717, 1.165) is 71.4 Å². The van der Waals surface area contributed by atoms with Gasteiger partial charge in [0.1, 0.15) is 0 Å². The van der Waals surface area contributed by atoms with Crippen LogP contribution in [0.4, 0.5) is 17.1 Å². The van der Waals surface area contributed by atoms with Crippen LogP contribution < -0.4 is 4.90 Å². The molecular weight excluding hydrogens is 759 g/mol. The molecule has 0 saturated heterocycles. The Hall–Kier alpha value is -7.48. The van der Waals surface area contributed by atoms with Gasteiger partial charge in [0, 0.05) is 23.0 Å². The fourth-order valence-electron chi connectivity index (χ4n) is 9.07. The second kappa shape index (κ2) is 19.1. The molecular formula is C62H53N. The summed E-state index contributed by atoms with van der Waals surface area (Å²) in [7, 11) is 0. The SMILES string of the molecule is C=C/C=C\C(=C)C1=CC=C(C2=CC=CCC2)C(c2ccc(N(c3ccc(/C=C/C=C(\C=C)c4ccc5ccccc5c4)cc3)c3ccc(-c4ccc5c(c4)CCC=C5)cc3)cc2)C1. The van der Waals surface area contributed by atoms with E-state index >= 15 is 0 Å². The maximum Gasteiger partial charge on any atom is 0.0462 e. The Morgan fingerprint density at radius 3 is 2.13 bits per heavy atom. The minimum absolute atomic E-state index is 0.230. The third-order valence-electron chi connectivity index (χ3n) is 12.5. The van der Waals surface area contributed by atoms with Crippen molar-refractivity contribution in [2.24, 2.45) is 0 Å². The number of fused-ring (bicyclic) bond motifs is 2. The summed E-state index contributed by atoms with van der Waals surface area (Å²) in [6.45, 7) is 12.4. The smallest absolute Gasteiger partial charge is 0.0462 e. The van der Waals surface area contributed by atoms with Gasteiger partial charge < -0.3 is 4.90 Å². The third kappa shape index (κ3) is 9.25. The molecule has 0 amide bonds. The van der Waals surface area contributed by atoms with E-state index < -0.39 is 0 Å². The molecule has 306 valence electrons. The predicted octanol–water partition coefficient (Wildman–Crippen LogP) is 17.1. The highest BCUT2D eigenvalue weighted by Crippen LogP contribution is 2.43.